The van der Waals surface area contributed by atoms with Crippen molar-refractivity contribution in [1.29, 1.82) is 0 Å². The number of hydrogen-bond acceptors (Lipinski definition) is 6. The highest BCUT2D eigenvalue weighted by atomic mass is 16.4. The van der Waals surface area contributed by atoms with Gasteiger partial charge in [0.1, 0.15) is 0 Å². The van der Waals surface area contributed by atoms with Gasteiger partial charge in [-0.25, -0.2) is 0 Å². The lowest BCUT2D eigenvalue weighted by Crippen LogP contribution is -2.70. The van der Waals surface area contributed by atoms with Gasteiger partial charge in [-0.2, -0.15) is 0 Å². The molecule has 4 atom stereocenters. The maximum Gasteiger partial charge on any atom is 0.223 e. The zero-order chi connectivity index (χ0) is 12.6. The number of aliphatic hydroxyl groups is 4. The molecule has 0 aromatic carbocycles. The fourth-order valence-corrected chi connectivity index (χ4v) is 1.63. The van der Waals surface area contributed by atoms with Crippen molar-refractivity contribution in [3.05, 3.63) is 0 Å². The predicted octanol–water partition coefficient (Wildman–Crippen LogP) is -3.03. The van der Waals surface area contributed by atoms with E-state index in [1.54, 1.807) is 0 Å². The van der Waals surface area contributed by atoms with E-state index in [1.807, 2.05) is 0 Å². The van der Waals surface area contributed by atoms with Crippen LogP contribution in [0.2, 0.25) is 0 Å². The largest absolute Gasteiger partial charge is 0.369 e. The Morgan fingerprint density at radius 3 is 1.06 bits per heavy atom. The Morgan fingerprint density at radius 1 is 0.750 bits per heavy atom. The van der Waals surface area contributed by atoms with Crippen LogP contribution in [0.5, 0.6) is 0 Å². The van der Waals surface area contributed by atoms with E-state index in [-0.39, 0.29) is 0 Å². The van der Waals surface area contributed by atoms with E-state index in [0.29, 0.717) is 9.80 Å². The van der Waals surface area contributed by atoms with Crippen LogP contribution in [-0.4, -0.2) is 67.0 Å². The van der Waals surface area contributed by atoms with Gasteiger partial charge in [0.25, 0.3) is 0 Å². The summed E-state index contributed by atoms with van der Waals surface area (Å²) in [5, 5.41) is 38.0. The molecule has 8 nitrogen and oxygen atoms in total. The predicted molar refractivity (Wildman–Crippen MR) is 49.1 cm³/mol. The summed E-state index contributed by atoms with van der Waals surface area (Å²) in [6.07, 6.45) is -7.11. The third-order valence-corrected chi connectivity index (χ3v) is 2.40. The van der Waals surface area contributed by atoms with E-state index in [2.05, 4.69) is 0 Å². The van der Waals surface area contributed by atoms with Crippen LogP contribution in [0, 0.1) is 0 Å². The SMILES string of the molecule is CC(=O)N1[C@H](O)[C@@H](O)N(C(C)=O)[C@@H](O)[C@H]1O. The van der Waals surface area contributed by atoms with E-state index in [0.717, 1.165) is 13.8 Å². The van der Waals surface area contributed by atoms with Crippen LogP contribution in [0.3, 0.4) is 0 Å². The Bertz CT molecular complexity index is 263. The van der Waals surface area contributed by atoms with Crippen LogP contribution in [-0.2, 0) is 9.59 Å². The van der Waals surface area contributed by atoms with E-state index >= 15 is 0 Å². The highest BCUT2D eigenvalue weighted by molar-refractivity contribution is 5.76. The number of rotatable bonds is 0. The van der Waals surface area contributed by atoms with Crippen LogP contribution in [0.4, 0.5) is 0 Å². The maximum atomic E-state index is 11.1. The minimum atomic E-state index is -1.78. The number of carbonyl (C=O) groups is 2. The van der Waals surface area contributed by atoms with Gasteiger partial charge in [0.05, 0.1) is 0 Å². The second kappa shape index (κ2) is 4.34. The van der Waals surface area contributed by atoms with Crippen LogP contribution in [0.1, 0.15) is 13.8 Å². The molecule has 0 unspecified atom stereocenters. The first-order chi connectivity index (χ1) is 7.29. The van der Waals surface area contributed by atoms with Crippen molar-refractivity contribution in [2.75, 3.05) is 0 Å². The number of aliphatic hydroxyl groups excluding tert-OH is 4. The third kappa shape index (κ3) is 1.87. The van der Waals surface area contributed by atoms with Crippen molar-refractivity contribution in [2.45, 2.75) is 38.8 Å². The normalized spacial score (nSPS) is 35.1. The minimum absolute atomic E-state index is 0.495. The van der Waals surface area contributed by atoms with Gasteiger partial charge in [-0.05, 0) is 0 Å². The molecule has 0 saturated carbocycles. The molecular weight excluding hydrogens is 220 g/mol. The van der Waals surface area contributed by atoms with Crippen molar-refractivity contribution in [2.24, 2.45) is 0 Å². The van der Waals surface area contributed by atoms with Gasteiger partial charge in [0, 0.05) is 13.8 Å². The summed E-state index contributed by atoms with van der Waals surface area (Å²) in [6, 6.07) is 0. The van der Waals surface area contributed by atoms with Crippen LogP contribution < -0.4 is 0 Å². The fourth-order valence-electron chi connectivity index (χ4n) is 1.63. The van der Waals surface area contributed by atoms with Crippen LogP contribution in [0.15, 0.2) is 0 Å². The molecular formula is C8H14N2O6. The van der Waals surface area contributed by atoms with Gasteiger partial charge in [0.15, 0.2) is 24.9 Å². The lowest BCUT2D eigenvalue weighted by atomic mass is 10.2. The van der Waals surface area contributed by atoms with E-state index in [9.17, 15) is 30.0 Å². The first-order valence-corrected chi connectivity index (χ1v) is 4.59. The van der Waals surface area contributed by atoms with E-state index in [1.165, 1.54) is 0 Å². The molecule has 0 spiro atoms. The molecule has 1 fully saturated rings. The van der Waals surface area contributed by atoms with E-state index < -0.39 is 36.7 Å². The van der Waals surface area contributed by atoms with Crippen molar-refractivity contribution < 1.29 is 30.0 Å². The van der Waals surface area contributed by atoms with Gasteiger partial charge < -0.3 is 20.4 Å². The number of nitrogens with zero attached hydrogens (tertiary/aromatic N) is 2. The second-order valence-electron chi connectivity index (χ2n) is 3.51. The molecule has 0 radical (unpaired) electrons. The number of piperazine rings is 1. The van der Waals surface area contributed by atoms with Crippen molar-refractivity contribution in [3.8, 4) is 0 Å². The summed E-state index contributed by atoms with van der Waals surface area (Å²) in [4.78, 5) is 23.1. The van der Waals surface area contributed by atoms with Crippen molar-refractivity contribution in [3.63, 3.8) is 0 Å². The topological polar surface area (TPSA) is 122 Å². The van der Waals surface area contributed by atoms with E-state index in [4.69, 9.17) is 0 Å². The average molecular weight is 234 g/mol. The molecule has 0 bridgehead atoms. The molecule has 1 aliphatic rings. The Balaban J connectivity index is 3.03. The average Bonchev–Trinajstić information content (AvgIpc) is 2.14. The highest BCUT2D eigenvalue weighted by Gasteiger charge is 2.47. The minimum Gasteiger partial charge on any atom is -0.369 e. The zero-order valence-electron chi connectivity index (χ0n) is 8.81. The fraction of sp³-hybridized carbons (Fsp3) is 0.750. The summed E-state index contributed by atoms with van der Waals surface area (Å²) in [7, 11) is 0. The summed E-state index contributed by atoms with van der Waals surface area (Å²) in [6.45, 7) is 2.10. The van der Waals surface area contributed by atoms with Gasteiger partial charge in [0.2, 0.25) is 11.8 Å². The standard InChI is InChI=1S/C8H14N2O6/c1-3(11)9-5(13)7(15)10(4(2)12)8(16)6(9)14/h5-8,13-16H,1-2H3/t5-,6-,7-,8+/m1/s1. The Labute approximate surface area is 91.3 Å². The van der Waals surface area contributed by atoms with Gasteiger partial charge in [-0.15, -0.1) is 0 Å². The van der Waals surface area contributed by atoms with Crippen molar-refractivity contribution >= 4 is 11.8 Å². The zero-order valence-corrected chi connectivity index (χ0v) is 8.81. The molecule has 16 heavy (non-hydrogen) atoms. The summed E-state index contributed by atoms with van der Waals surface area (Å²) in [5.74, 6) is -1.47. The molecule has 0 aromatic heterocycles. The first kappa shape index (κ1) is 12.8. The molecule has 2 amide bonds. The molecule has 1 saturated heterocycles. The molecule has 1 heterocycles. The molecule has 4 N–H and O–H groups in total. The number of carbonyl (C=O) groups excluding carboxylic acids is 2. The quantitative estimate of drug-likeness (QED) is 0.354. The molecule has 0 aliphatic carbocycles. The summed E-state index contributed by atoms with van der Waals surface area (Å²) in [5.41, 5.74) is 0. The molecule has 1 aliphatic heterocycles. The Morgan fingerprint density at radius 2 is 0.938 bits per heavy atom. The van der Waals surface area contributed by atoms with Gasteiger partial charge in [-0.3, -0.25) is 19.4 Å². The number of amides is 2. The van der Waals surface area contributed by atoms with Crippen LogP contribution >= 0.6 is 0 Å². The third-order valence-electron chi connectivity index (χ3n) is 2.40. The number of hydrogen-bond donors (Lipinski definition) is 4. The molecule has 92 valence electrons. The van der Waals surface area contributed by atoms with Gasteiger partial charge in [-0.1, -0.05) is 0 Å². The maximum absolute atomic E-state index is 11.1. The molecule has 8 heteroatoms. The Kier molecular flexibility index (Phi) is 3.48. The lowest BCUT2D eigenvalue weighted by molar-refractivity contribution is -0.281. The first-order valence-electron chi connectivity index (χ1n) is 4.59. The van der Waals surface area contributed by atoms with Crippen LogP contribution in [0.25, 0.3) is 0 Å². The Hall–Kier alpha value is -1.22. The summed E-state index contributed by atoms with van der Waals surface area (Å²) >= 11 is 0. The molecule has 0 aromatic rings. The van der Waals surface area contributed by atoms with Gasteiger partial charge >= 0.3 is 0 Å². The van der Waals surface area contributed by atoms with Crippen molar-refractivity contribution in [1.82, 2.24) is 9.80 Å². The molecule has 1 rings (SSSR count). The monoisotopic (exact) mass is 234 g/mol. The smallest absolute Gasteiger partial charge is 0.223 e. The highest BCUT2D eigenvalue weighted by Crippen LogP contribution is 2.22. The second-order valence-corrected chi connectivity index (χ2v) is 3.51. The summed E-state index contributed by atoms with van der Waals surface area (Å²) < 4.78 is 0. The lowest BCUT2D eigenvalue weighted by Gasteiger charge is -2.47.